The molecular weight excluding hydrogens is 637 g/mol. The van der Waals surface area contributed by atoms with Crippen LogP contribution in [-0.4, -0.2) is 19.3 Å². The molecule has 256 valence electrons. The van der Waals surface area contributed by atoms with Gasteiger partial charge in [-0.1, -0.05) is 72.8 Å². The van der Waals surface area contributed by atoms with Gasteiger partial charge in [0.05, 0.1) is 27.8 Å². The number of aliphatic hydroxyl groups is 2. The van der Waals surface area contributed by atoms with Crippen molar-refractivity contribution in [1.82, 2.24) is 9.13 Å². The predicted octanol–water partition coefficient (Wildman–Crippen LogP) is 11.5. The van der Waals surface area contributed by atoms with Gasteiger partial charge in [0.2, 0.25) is 0 Å². The van der Waals surface area contributed by atoms with Gasteiger partial charge in [-0.3, -0.25) is 0 Å². The molecule has 6 aromatic carbocycles. The third kappa shape index (κ3) is 5.21. The minimum atomic E-state index is -1.15. The number of aromatic nitrogens is 2. The van der Waals surface area contributed by atoms with Crippen LogP contribution >= 0.6 is 0 Å². The van der Waals surface area contributed by atoms with Gasteiger partial charge < -0.3 is 19.3 Å². The van der Waals surface area contributed by atoms with Crippen LogP contribution in [0.15, 0.2) is 140 Å². The number of rotatable bonds is 6. The summed E-state index contributed by atoms with van der Waals surface area (Å²) in [6, 6.07) is 47.0. The fraction of sp³-hybridized carbons (Fsp3) is 0.167. The second kappa shape index (κ2) is 11.9. The standard InChI is InChI=1S/C48H42N2O2/c1-47(2,51)41-29-38(32-24-26-46-40(28-32)36-20-12-14-22-44(36)50(46)34-17-9-6-10-18-34)42(48(3,4)52)30-37(41)31-23-25-45-39(27-31)35-19-11-13-21-43(35)49(45)33-15-7-5-8-16-33/h5-11,13-19,21-30,51-52H,12,20H2,1-4H3. The molecule has 0 saturated carbocycles. The molecule has 2 heterocycles. The molecule has 0 amide bonds. The Labute approximate surface area is 304 Å². The second-order valence-electron chi connectivity index (χ2n) is 15.2. The fourth-order valence-electron chi connectivity index (χ4n) is 8.34. The summed E-state index contributed by atoms with van der Waals surface area (Å²) < 4.78 is 4.67. The third-order valence-electron chi connectivity index (χ3n) is 10.7. The third-order valence-corrected chi connectivity index (χ3v) is 10.7. The zero-order valence-corrected chi connectivity index (χ0v) is 30.1. The van der Waals surface area contributed by atoms with Crippen molar-refractivity contribution in [2.75, 3.05) is 0 Å². The summed E-state index contributed by atoms with van der Waals surface area (Å²) in [5.41, 5.74) is 11.4. The number of hydrogen-bond donors (Lipinski definition) is 2. The van der Waals surface area contributed by atoms with Crippen LogP contribution in [0.1, 0.15) is 56.5 Å². The van der Waals surface area contributed by atoms with Gasteiger partial charge in [0.25, 0.3) is 0 Å². The molecule has 9 rings (SSSR count). The van der Waals surface area contributed by atoms with Crippen molar-refractivity contribution < 1.29 is 10.2 Å². The number of allylic oxidation sites excluding steroid dienone is 1. The lowest BCUT2D eigenvalue weighted by Crippen LogP contribution is -2.21. The number of benzene rings is 6. The smallest absolute Gasteiger partial charge is 0.0846 e. The predicted molar refractivity (Wildman–Crippen MR) is 216 cm³/mol. The van der Waals surface area contributed by atoms with E-state index in [9.17, 15) is 10.2 Å². The van der Waals surface area contributed by atoms with E-state index in [0.717, 1.165) is 74.0 Å². The van der Waals surface area contributed by atoms with Crippen molar-refractivity contribution in [2.24, 2.45) is 0 Å². The molecule has 4 heteroatoms. The van der Waals surface area contributed by atoms with Crippen LogP contribution in [0.5, 0.6) is 0 Å². The van der Waals surface area contributed by atoms with E-state index in [0.29, 0.717) is 0 Å². The first kappa shape index (κ1) is 32.2. The monoisotopic (exact) mass is 678 g/mol. The molecule has 0 aliphatic heterocycles. The molecule has 4 nitrogen and oxygen atoms in total. The molecule has 2 N–H and O–H groups in total. The number of para-hydroxylation sites is 3. The minimum Gasteiger partial charge on any atom is -0.386 e. The Balaban J connectivity index is 1.27. The van der Waals surface area contributed by atoms with Crippen molar-refractivity contribution in [3.8, 4) is 33.6 Å². The van der Waals surface area contributed by atoms with Crippen molar-refractivity contribution in [1.29, 1.82) is 0 Å². The van der Waals surface area contributed by atoms with E-state index in [4.69, 9.17) is 0 Å². The van der Waals surface area contributed by atoms with Crippen molar-refractivity contribution in [2.45, 2.75) is 51.7 Å². The van der Waals surface area contributed by atoms with Gasteiger partial charge in [-0.2, -0.15) is 0 Å². The Morgan fingerprint density at radius 3 is 1.60 bits per heavy atom. The first-order chi connectivity index (χ1) is 25.1. The molecule has 0 spiro atoms. The summed E-state index contributed by atoms with van der Waals surface area (Å²) >= 11 is 0. The molecule has 0 fully saturated rings. The Morgan fingerprint density at radius 2 is 1.00 bits per heavy atom. The Bertz CT molecular complexity index is 2680. The van der Waals surface area contributed by atoms with Gasteiger partial charge in [0.15, 0.2) is 0 Å². The molecule has 52 heavy (non-hydrogen) atoms. The maximum atomic E-state index is 11.8. The molecule has 0 bridgehead atoms. The highest BCUT2D eigenvalue weighted by Gasteiger charge is 2.29. The largest absolute Gasteiger partial charge is 0.386 e. The van der Waals surface area contributed by atoms with Crippen molar-refractivity contribution in [3.63, 3.8) is 0 Å². The summed E-state index contributed by atoms with van der Waals surface area (Å²) in [6.45, 7) is 7.41. The lowest BCUT2D eigenvalue weighted by atomic mass is 9.80. The van der Waals surface area contributed by atoms with Crippen LogP contribution in [0.2, 0.25) is 0 Å². The highest BCUT2D eigenvalue weighted by Crippen LogP contribution is 2.44. The summed E-state index contributed by atoms with van der Waals surface area (Å²) in [5.74, 6) is 0. The maximum Gasteiger partial charge on any atom is 0.0846 e. The van der Waals surface area contributed by atoms with Crippen LogP contribution in [0.3, 0.4) is 0 Å². The quantitative estimate of drug-likeness (QED) is 0.184. The Hall–Kier alpha value is -5.68. The van der Waals surface area contributed by atoms with E-state index in [1.54, 1.807) is 0 Å². The molecule has 1 aliphatic carbocycles. The molecule has 0 saturated heterocycles. The second-order valence-corrected chi connectivity index (χ2v) is 15.2. The first-order valence-electron chi connectivity index (χ1n) is 18.2. The van der Waals surface area contributed by atoms with Crippen molar-refractivity contribution >= 4 is 38.8 Å². The van der Waals surface area contributed by atoms with Crippen molar-refractivity contribution in [3.05, 3.63) is 162 Å². The number of aryl methyl sites for hydroxylation is 1. The first-order valence-corrected chi connectivity index (χ1v) is 18.2. The van der Waals surface area contributed by atoms with Gasteiger partial charge in [0, 0.05) is 33.2 Å². The van der Waals surface area contributed by atoms with Gasteiger partial charge in [0.1, 0.15) is 0 Å². The highest BCUT2D eigenvalue weighted by atomic mass is 16.3. The molecule has 0 atom stereocenters. The molecule has 8 aromatic rings. The Kier molecular flexibility index (Phi) is 7.41. The average Bonchev–Trinajstić information content (AvgIpc) is 3.66. The lowest BCUT2D eigenvalue weighted by Gasteiger charge is -2.29. The van der Waals surface area contributed by atoms with E-state index in [1.165, 1.54) is 27.5 Å². The van der Waals surface area contributed by atoms with Gasteiger partial charge in [-0.05, 0) is 152 Å². The van der Waals surface area contributed by atoms with Crippen LogP contribution in [0.4, 0.5) is 0 Å². The summed E-state index contributed by atoms with van der Waals surface area (Å²) in [5, 5.41) is 27.2. The molecule has 0 unspecified atom stereocenters. The van der Waals surface area contributed by atoms with E-state index in [-0.39, 0.29) is 0 Å². The molecular formula is C48H42N2O2. The summed E-state index contributed by atoms with van der Waals surface area (Å²) in [6.07, 6.45) is 6.50. The van der Waals surface area contributed by atoms with E-state index in [2.05, 4.69) is 149 Å². The average molecular weight is 679 g/mol. The highest BCUT2D eigenvalue weighted by molar-refractivity contribution is 6.10. The Morgan fingerprint density at radius 1 is 0.500 bits per heavy atom. The normalized spacial score (nSPS) is 13.3. The van der Waals surface area contributed by atoms with E-state index < -0.39 is 11.2 Å². The van der Waals surface area contributed by atoms with Crippen LogP contribution in [0.25, 0.3) is 72.4 Å². The summed E-state index contributed by atoms with van der Waals surface area (Å²) in [7, 11) is 0. The molecule has 2 aromatic heterocycles. The van der Waals surface area contributed by atoms with Gasteiger partial charge in [-0.15, -0.1) is 0 Å². The van der Waals surface area contributed by atoms with Crippen LogP contribution in [-0.2, 0) is 17.6 Å². The number of hydrogen-bond acceptors (Lipinski definition) is 2. The van der Waals surface area contributed by atoms with E-state index in [1.807, 2.05) is 33.8 Å². The zero-order chi connectivity index (χ0) is 35.8. The molecule has 0 radical (unpaired) electrons. The van der Waals surface area contributed by atoms with Crippen LogP contribution in [0, 0.1) is 0 Å². The van der Waals surface area contributed by atoms with Gasteiger partial charge in [-0.25, -0.2) is 0 Å². The number of fused-ring (bicyclic) bond motifs is 6. The molecule has 1 aliphatic rings. The zero-order valence-electron chi connectivity index (χ0n) is 30.1. The van der Waals surface area contributed by atoms with E-state index >= 15 is 0 Å². The van der Waals surface area contributed by atoms with Gasteiger partial charge >= 0.3 is 0 Å². The maximum absolute atomic E-state index is 11.8. The van der Waals surface area contributed by atoms with Crippen LogP contribution < -0.4 is 0 Å². The topological polar surface area (TPSA) is 50.3 Å². The lowest BCUT2D eigenvalue weighted by molar-refractivity contribution is 0.0753. The fourth-order valence-corrected chi connectivity index (χ4v) is 8.34. The summed E-state index contributed by atoms with van der Waals surface area (Å²) in [4.78, 5) is 0. The SMILES string of the molecule is CC(C)(O)c1cc(-c2ccc3c(c2)c2ccccc2n3-c2ccccc2)c(C(C)(C)O)cc1-c1ccc2c(c1)c1c(n2-c2ccccc2)C=CCC1. The minimum absolute atomic E-state index is 0.813. The number of nitrogens with zero attached hydrogens (tertiary/aromatic N) is 2.